The maximum atomic E-state index is 12.9. The molecule has 0 saturated heterocycles. The lowest BCUT2D eigenvalue weighted by atomic mass is 10.3. The van der Waals surface area contributed by atoms with Crippen molar-refractivity contribution in [3.05, 3.63) is 11.4 Å². The van der Waals surface area contributed by atoms with E-state index in [0.29, 0.717) is 6.54 Å². The van der Waals surface area contributed by atoms with Gasteiger partial charge < -0.3 is 9.64 Å². The van der Waals surface area contributed by atoms with Gasteiger partial charge in [-0.3, -0.25) is 0 Å². The van der Waals surface area contributed by atoms with Crippen LogP contribution in [0.15, 0.2) is 0 Å². The predicted octanol–water partition coefficient (Wildman–Crippen LogP) is 0.954. The lowest BCUT2D eigenvalue weighted by Gasteiger charge is -2.11. The van der Waals surface area contributed by atoms with Gasteiger partial charge in [0.15, 0.2) is 5.69 Å². The number of hydrogen-bond donors (Lipinski definition) is 0. The van der Waals surface area contributed by atoms with E-state index in [0.717, 1.165) is 4.68 Å². The fourth-order valence-corrected chi connectivity index (χ4v) is 1.34. The highest BCUT2D eigenvalue weighted by atomic mass is 19.3. The molecule has 0 N–H and O–H groups in total. The molecule has 102 valence electrons. The fraction of sp³-hybridized carbons (Fsp3) is 0.700. The van der Waals surface area contributed by atoms with Crippen LogP contribution in [0.2, 0.25) is 0 Å². The zero-order valence-corrected chi connectivity index (χ0v) is 10.6. The highest BCUT2D eigenvalue weighted by Gasteiger charge is 2.27. The maximum Gasteiger partial charge on any atom is 0.361 e. The van der Waals surface area contributed by atoms with Crippen LogP contribution >= 0.6 is 0 Å². The van der Waals surface area contributed by atoms with Gasteiger partial charge in [-0.15, -0.1) is 5.10 Å². The minimum absolute atomic E-state index is 0.103. The third-order valence-electron chi connectivity index (χ3n) is 2.21. The lowest BCUT2D eigenvalue weighted by Crippen LogP contribution is -2.21. The largest absolute Gasteiger partial charge is 0.461 e. The van der Waals surface area contributed by atoms with E-state index in [1.54, 1.807) is 6.92 Å². The highest BCUT2D eigenvalue weighted by molar-refractivity contribution is 5.88. The normalized spacial score (nSPS) is 11.3. The summed E-state index contributed by atoms with van der Waals surface area (Å²) >= 11 is 0. The van der Waals surface area contributed by atoms with Crippen LogP contribution in [0, 0.1) is 0 Å². The molecule has 1 heterocycles. The molecule has 0 radical (unpaired) electrons. The Morgan fingerprint density at radius 2 is 2.17 bits per heavy atom. The quantitative estimate of drug-likeness (QED) is 0.714. The zero-order chi connectivity index (χ0) is 13.7. The number of carbonyl (C=O) groups is 1. The van der Waals surface area contributed by atoms with Crippen molar-refractivity contribution >= 4 is 5.97 Å². The smallest absolute Gasteiger partial charge is 0.361 e. The minimum Gasteiger partial charge on any atom is -0.461 e. The van der Waals surface area contributed by atoms with Crippen molar-refractivity contribution in [2.75, 3.05) is 27.2 Å². The van der Waals surface area contributed by atoms with Crippen LogP contribution in [-0.4, -0.2) is 53.1 Å². The number of rotatable bonds is 6. The Bertz CT molecular complexity index is 407. The van der Waals surface area contributed by atoms with Gasteiger partial charge in [0, 0.05) is 6.54 Å². The van der Waals surface area contributed by atoms with Crippen molar-refractivity contribution in [3.63, 3.8) is 0 Å². The molecule has 1 aromatic rings. The summed E-state index contributed by atoms with van der Waals surface area (Å²) in [5, 5.41) is 7.05. The summed E-state index contributed by atoms with van der Waals surface area (Å²) in [5.74, 6) is -0.871. The Morgan fingerprint density at radius 3 is 2.67 bits per heavy atom. The molecule has 8 heteroatoms. The Kier molecular flexibility index (Phi) is 5.14. The van der Waals surface area contributed by atoms with Crippen LogP contribution in [0.3, 0.4) is 0 Å². The van der Waals surface area contributed by atoms with Crippen LogP contribution in [0.4, 0.5) is 8.78 Å². The van der Waals surface area contributed by atoms with E-state index in [1.807, 2.05) is 19.0 Å². The van der Waals surface area contributed by atoms with Gasteiger partial charge in [-0.25, -0.2) is 18.3 Å². The van der Waals surface area contributed by atoms with E-state index in [2.05, 4.69) is 15.0 Å². The molecule has 0 spiro atoms. The molecular formula is C10H16F2N4O2. The molecule has 0 saturated carbocycles. The Balaban J connectivity index is 2.95. The molecule has 18 heavy (non-hydrogen) atoms. The number of aromatic nitrogens is 3. The number of hydrogen-bond acceptors (Lipinski definition) is 5. The van der Waals surface area contributed by atoms with Gasteiger partial charge in [-0.1, -0.05) is 5.21 Å². The summed E-state index contributed by atoms with van der Waals surface area (Å²) in [6.45, 7) is 2.45. The second-order valence-electron chi connectivity index (χ2n) is 3.87. The Hall–Kier alpha value is -1.57. The third-order valence-corrected chi connectivity index (χ3v) is 2.21. The molecule has 0 bridgehead atoms. The van der Waals surface area contributed by atoms with E-state index in [4.69, 9.17) is 0 Å². The van der Waals surface area contributed by atoms with Gasteiger partial charge in [0.05, 0.1) is 13.2 Å². The SMILES string of the molecule is CCOC(=O)c1nnn(CCN(C)C)c1C(F)F. The molecule has 1 rings (SSSR count). The van der Waals surface area contributed by atoms with Crippen molar-refractivity contribution in [1.29, 1.82) is 0 Å². The summed E-state index contributed by atoms with van der Waals surface area (Å²) in [5.41, 5.74) is -0.902. The molecule has 6 nitrogen and oxygen atoms in total. The van der Waals surface area contributed by atoms with E-state index >= 15 is 0 Å². The van der Waals surface area contributed by atoms with Crippen molar-refractivity contribution in [1.82, 2.24) is 19.9 Å². The van der Waals surface area contributed by atoms with Crippen molar-refractivity contribution in [2.45, 2.75) is 19.9 Å². The van der Waals surface area contributed by atoms with Gasteiger partial charge in [0.25, 0.3) is 6.43 Å². The summed E-state index contributed by atoms with van der Waals surface area (Å²) in [6, 6.07) is 0. The highest BCUT2D eigenvalue weighted by Crippen LogP contribution is 2.21. The molecule has 0 fully saturated rings. The average molecular weight is 262 g/mol. The molecule has 1 aromatic heterocycles. The number of esters is 1. The van der Waals surface area contributed by atoms with Crippen molar-refractivity contribution in [2.24, 2.45) is 0 Å². The first-order chi connectivity index (χ1) is 8.47. The summed E-state index contributed by atoms with van der Waals surface area (Å²) < 4.78 is 31.5. The molecule has 0 unspecified atom stereocenters. The molecule has 0 aliphatic rings. The number of halogens is 2. The zero-order valence-electron chi connectivity index (χ0n) is 10.6. The second-order valence-corrected chi connectivity index (χ2v) is 3.87. The Labute approximate surface area is 104 Å². The first-order valence-corrected chi connectivity index (χ1v) is 5.50. The van der Waals surface area contributed by atoms with Gasteiger partial charge >= 0.3 is 5.97 Å². The van der Waals surface area contributed by atoms with Crippen molar-refractivity contribution in [3.8, 4) is 0 Å². The number of carbonyl (C=O) groups excluding carboxylic acids is 1. The van der Waals surface area contributed by atoms with E-state index in [9.17, 15) is 13.6 Å². The third kappa shape index (κ3) is 3.46. The number of alkyl halides is 2. The topological polar surface area (TPSA) is 60.2 Å². The van der Waals surface area contributed by atoms with Crippen molar-refractivity contribution < 1.29 is 18.3 Å². The predicted molar refractivity (Wildman–Crippen MR) is 59.5 cm³/mol. The molecule has 0 amide bonds. The number of ether oxygens (including phenoxy) is 1. The standard InChI is InChI=1S/C10H16F2N4O2/c1-4-18-10(17)7-8(9(11)12)16(14-13-7)6-5-15(2)3/h9H,4-6H2,1-3H3. The van der Waals surface area contributed by atoms with E-state index in [1.165, 1.54) is 0 Å². The van der Waals surface area contributed by atoms with Crippen LogP contribution in [-0.2, 0) is 11.3 Å². The van der Waals surface area contributed by atoms with Gasteiger partial charge in [0.2, 0.25) is 0 Å². The van der Waals surface area contributed by atoms with E-state index in [-0.39, 0.29) is 13.2 Å². The first-order valence-electron chi connectivity index (χ1n) is 5.50. The van der Waals surface area contributed by atoms with Crippen LogP contribution < -0.4 is 0 Å². The molecule has 0 atom stereocenters. The summed E-state index contributed by atoms with van der Waals surface area (Å²) in [6.07, 6.45) is -2.82. The monoisotopic (exact) mass is 262 g/mol. The average Bonchev–Trinajstić information content (AvgIpc) is 2.70. The molecule has 0 aliphatic heterocycles. The van der Waals surface area contributed by atoms with Gasteiger partial charge in [-0.05, 0) is 21.0 Å². The maximum absolute atomic E-state index is 12.9. The fourth-order valence-electron chi connectivity index (χ4n) is 1.34. The van der Waals surface area contributed by atoms with Gasteiger partial charge in [0.1, 0.15) is 5.69 Å². The first kappa shape index (κ1) is 14.5. The van der Waals surface area contributed by atoms with Crippen LogP contribution in [0.5, 0.6) is 0 Å². The molecule has 0 aromatic carbocycles. The minimum atomic E-state index is -2.82. The summed E-state index contributed by atoms with van der Waals surface area (Å²) in [7, 11) is 3.62. The second kappa shape index (κ2) is 6.39. The van der Waals surface area contributed by atoms with E-state index < -0.39 is 23.8 Å². The summed E-state index contributed by atoms with van der Waals surface area (Å²) in [4.78, 5) is 13.3. The van der Waals surface area contributed by atoms with Crippen LogP contribution in [0.1, 0.15) is 29.5 Å². The molecule has 0 aliphatic carbocycles. The number of nitrogens with zero attached hydrogens (tertiary/aromatic N) is 4. The number of likely N-dealkylation sites (N-methyl/N-ethyl adjacent to an activating group) is 1. The Morgan fingerprint density at radius 1 is 1.50 bits per heavy atom. The van der Waals surface area contributed by atoms with Gasteiger partial charge in [-0.2, -0.15) is 0 Å². The lowest BCUT2D eigenvalue weighted by molar-refractivity contribution is 0.0506. The molecular weight excluding hydrogens is 246 g/mol. The van der Waals surface area contributed by atoms with Crippen LogP contribution in [0.25, 0.3) is 0 Å².